The number of nitrogens with zero attached hydrogens (tertiary/aromatic N) is 3. The van der Waals surface area contributed by atoms with Crippen LogP contribution in [0.5, 0.6) is 5.75 Å². The highest BCUT2D eigenvalue weighted by atomic mass is 19.3. The summed E-state index contributed by atoms with van der Waals surface area (Å²) in [5.41, 5.74) is 0.353. The zero-order valence-corrected chi connectivity index (χ0v) is 7.77. The van der Waals surface area contributed by atoms with Gasteiger partial charge in [0.15, 0.2) is 11.6 Å². The monoisotopic (exact) mass is 228 g/mol. The highest BCUT2D eigenvalue weighted by molar-refractivity contribution is 5.39. The Kier molecular flexibility index (Phi) is 2.76. The van der Waals surface area contributed by atoms with Gasteiger partial charge in [0.05, 0.1) is 11.9 Å². The van der Waals surface area contributed by atoms with E-state index in [9.17, 15) is 13.2 Å². The summed E-state index contributed by atoms with van der Waals surface area (Å²) in [6, 6.07) is 3.47. The maximum absolute atomic E-state index is 13.1. The highest BCUT2D eigenvalue weighted by Gasteiger charge is 2.11. The number of aromatic nitrogens is 3. The molecule has 1 aromatic carbocycles. The van der Waals surface area contributed by atoms with Crippen LogP contribution in [0.4, 0.5) is 13.2 Å². The Balaban J connectivity index is 2.36. The SMILES string of the molecule is Fc1ccc(-n2c[c]nn2)cc1OC(F)F. The molecule has 16 heavy (non-hydrogen) atoms. The first-order chi connectivity index (χ1) is 7.66. The van der Waals surface area contributed by atoms with Gasteiger partial charge in [-0.05, 0) is 12.1 Å². The van der Waals surface area contributed by atoms with Crippen molar-refractivity contribution in [1.82, 2.24) is 15.0 Å². The van der Waals surface area contributed by atoms with Crippen LogP contribution in [0.15, 0.2) is 24.4 Å². The number of alkyl halides is 2. The molecule has 0 N–H and O–H groups in total. The quantitative estimate of drug-likeness (QED) is 0.804. The molecule has 4 nitrogen and oxygen atoms in total. The zero-order chi connectivity index (χ0) is 11.5. The largest absolute Gasteiger partial charge is 0.432 e. The Morgan fingerprint density at radius 3 is 2.81 bits per heavy atom. The second kappa shape index (κ2) is 4.21. The Morgan fingerprint density at radius 1 is 1.38 bits per heavy atom. The first-order valence-electron chi connectivity index (χ1n) is 4.20. The van der Waals surface area contributed by atoms with Crippen molar-refractivity contribution in [2.24, 2.45) is 0 Å². The van der Waals surface area contributed by atoms with Gasteiger partial charge >= 0.3 is 6.61 Å². The van der Waals surface area contributed by atoms with Gasteiger partial charge in [0, 0.05) is 6.07 Å². The van der Waals surface area contributed by atoms with Crippen molar-refractivity contribution in [2.75, 3.05) is 0 Å². The van der Waals surface area contributed by atoms with Crippen molar-refractivity contribution < 1.29 is 17.9 Å². The molecule has 0 atom stereocenters. The number of rotatable bonds is 3. The summed E-state index contributed by atoms with van der Waals surface area (Å²) >= 11 is 0. The van der Waals surface area contributed by atoms with E-state index in [4.69, 9.17) is 0 Å². The number of halogens is 3. The van der Waals surface area contributed by atoms with E-state index in [1.165, 1.54) is 16.9 Å². The molecule has 1 aromatic heterocycles. The van der Waals surface area contributed by atoms with E-state index in [-0.39, 0.29) is 0 Å². The molecule has 0 unspecified atom stereocenters. The maximum atomic E-state index is 13.1. The number of hydrogen-bond acceptors (Lipinski definition) is 3. The molecular weight excluding hydrogens is 223 g/mol. The molecule has 0 fully saturated rings. The lowest BCUT2D eigenvalue weighted by atomic mass is 10.3. The van der Waals surface area contributed by atoms with Crippen LogP contribution >= 0.6 is 0 Å². The minimum Gasteiger partial charge on any atom is -0.432 e. The van der Waals surface area contributed by atoms with Crippen LogP contribution in [-0.2, 0) is 0 Å². The Labute approximate surface area is 88.3 Å². The second-order valence-corrected chi connectivity index (χ2v) is 2.79. The van der Waals surface area contributed by atoms with Crippen molar-refractivity contribution in [3.63, 3.8) is 0 Å². The fourth-order valence-electron chi connectivity index (χ4n) is 1.13. The van der Waals surface area contributed by atoms with Gasteiger partial charge in [0.1, 0.15) is 6.20 Å². The van der Waals surface area contributed by atoms with E-state index < -0.39 is 18.2 Å². The zero-order valence-electron chi connectivity index (χ0n) is 7.77. The average Bonchev–Trinajstić information content (AvgIpc) is 2.73. The summed E-state index contributed by atoms with van der Waals surface area (Å²) in [5, 5.41) is 7.00. The summed E-state index contributed by atoms with van der Waals surface area (Å²) in [5.74, 6) is -1.41. The summed E-state index contributed by atoms with van der Waals surface area (Å²) in [6.45, 7) is -3.08. The molecule has 0 saturated carbocycles. The van der Waals surface area contributed by atoms with Crippen LogP contribution in [0.25, 0.3) is 5.69 Å². The van der Waals surface area contributed by atoms with E-state index >= 15 is 0 Å². The van der Waals surface area contributed by atoms with Gasteiger partial charge in [-0.1, -0.05) is 5.21 Å². The topological polar surface area (TPSA) is 39.9 Å². The smallest absolute Gasteiger partial charge is 0.387 e. The van der Waals surface area contributed by atoms with E-state index in [0.29, 0.717) is 5.69 Å². The molecule has 0 amide bonds. The third kappa shape index (κ3) is 2.13. The molecule has 2 aromatic rings. The maximum Gasteiger partial charge on any atom is 0.387 e. The van der Waals surface area contributed by atoms with Crippen LogP contribution in [0.2, 0.25) is 0 Å². The first kappa shape index (κ1) is 10.5. The van der Waals surface area contributed by atoms with Gasteiger partial charge in [-0.15, -0.1) is 5.10 Å². The number of ether oxygens (including phenoxy) is 1. The predicted octanol–water partition coefficient (Wildman–Crippen LogP) is 1.81. The van der Waals surface area contributed by atoms with Crippen LogP contribution in [0.3, 0.4) is 0 Å². The van der Waals surface area contributed by atoms with Crippen molar-refractivity contribution >= 4 is 0 Å². The van der Waals surface area contributed by atoms with Gasteiger partial charge in [-0.2, -0.15) is 8.78 Å². The van der Waals surface area contributed by atoms with Crippen LogP contribution in [0, 0.1) is 12.0 Å². The summed E-state index contributed by atoms with van der Waals surface area (Å²) < 4.78 is 42.2. The molecule has 1 radical (unpaired) electrons. The van der Waals surface area contributed by atoms with E-state index in [1.54, 1.807) is 0 Å². The van der Waals surface area contributed by atoms with Crippen molar-refractivity contribution in [1.29, 1.82) is 0 Å². The lowest BCUT2D eigenvalue weighted by Gasteiger charge is -2.07. The Morgan fingerprint density at radius 2 is 2.19 bits per heavy atom. The van der Waals surface area contributed by atoms with Gasteiger partial charge in [-0.25, -0.2) is 9.07 Å². The summed E-state index contributed by atoms with van der Waals surface area (Å²) in [6.07, 6.45) is 3.80. The lowest BCUT2D eigenvalue weighted by Crippen LogP contribution is -2.05. The molecule has 0 aliphatic rings. The Bertz CT molecular complexity index is 473. The standard InChI is InChI=1S/C9H5F3N3O/c10-7-2-1-6(15-4-3-13-14-15)5-8(7)16-9(11)12/h1-2,4-5,9H. The first-order valence-corrected chi connectivity index (χ1v) is 4.20. The van der Waals surface area contributed by atoms with Gasteiger partial charge in [-0.3, -0.25) is 0 Å². The minimum atomic E-state index is -3.08. The summed E-state index contributed by atoms with van der Waals surface area (Å²) in [7, 11) is 0. The molecule has 0 bridgehead atoms. The predicted molar refractivity (Wildman–Crippen MR) is 46.8 cm³/mol. The number of hydrogen-bond donors (Lipinski definition) is 0. The second-order valence-electron chi connectivity index (χ2n) is 2.79. The van der Waals surface area contributed by atoms with Crippen LogP contribution in [-0.4, -0.2) is 21.6 Å². The van der Waals surface area contributed by atoms with Gasteiger partial charge < -0.3 is 4.74 Å². The fraction of sp³-hybridized carbons (Fsp3) is 0.111. The molecule has 7 heteroatoms. The van der Waals surface area contributed by atoms with E-state index in [2.05, 4.69) is 21.2 Å². The van der Waals surface area contributed by atoms with Gasteiger partial charge in [0.25, 0.3) is 0 Å². The molecule has 0 saturated heterocycles. The van der Waals surface area contributed by atoms with Crippen molar-refractivity contribution in [3.05, 3.63) is 36.4 Å². The third-order valence-electron chi connectivity index (χ3n) is 1.77. The normalized spacial score (nSPS) is 10.8. The Hall–Kier alpha value is -2.05. The molecule has 83 valence electrons. The van der Waals surface area contributed by atoms with Crippen molar-refractivity contribution in [2.45, 2.75) is 6.61 Å². The summed E-state index contributed by atoms with van der Waals surface area (Å²) in [4.78, 5) is 0. The average molecular weight is 228 g/mol. The number of benzene rings is 1. The molecule has 2 rings (SSSR count). The third-order valence-corrected chi connectivity index (χ3v) is 1.77. The lowest BCUT2D eigenvalue weighted by molar-refractivity contribution is -0.0521. The highest BCUT2D eigenvalue weighted by Crippen LogP contribution is 2.22. The van der Waals surface area contributed by atoms with E-state index in [0.717, 1.165) is 12.1 Å². The van der Waals surface area contributed by atoms with Crippen LogP contribution in [0.1, 0.15) is 0 Å². The van der Waals surface area contributed by atoms with Crippen molar-refractivity contribution in [3.8, 4) is 11.4 Å². The molecular formula is C9H5F3N3O. The molecule has 1 heterocycles. The van der Waals surface area contributed by atoms with E-state index in [1.807, 2.05) is 0 Å². The minimum absolute atomic E-state index is 0.353. The fourth-order valence-corrected chi connectivity index (χ4v) is 1.13. The van der Waals surface area contributed by atoms with Gasteiger partial charge in [0.2, 0.25) is 0 Å². The molecule has 0 aliphatic carbocycles. The molecule has 0 spiro atoms. The van der Waals surface area contributed by atoms with Crippen LogP contribution < -0.4 is 4.74 Å². The molecule has 0 aliphatic heterocycles.